The van der Waals surface area contributed by atoms with Gasteiger partial charge in [0.2, 0.25) is 5.91 Å². The van der Waals surface area contributed by atoms with Crippen LogP contribution in [-0.2, 0) is 36.9 Å². The Hall–Kier alpha value is -5.04. The number of benzene rings is 4. The van der Waals surface area contributed by atoms with E-state index in [1.54, 1.807) is 29.2 Å². The van der Waals surface area contributed by atoms with Crippen LogP contribution in [0.3, 0.4) is 0 Å². The molecule has 13 heteroatoms. The minimum Gasteiger partial charge on any atom is -0.336 e. The van der Waals surface area contributed by atoms with E-state index in [1.165, 1.54) is 28.8 Å². The van der Waals surface area contributed by atoms with Gasteiger partial charge in [-0.05, 0) is 72.1 Å². The Morgan fingerprint density at radius 3 is 2.04 bits per heavy atom. The van der Waals surface area contributed by atoms with Crippen molar-refractivity contribution >= 4 is 16.8 Å². The maximum atomic E-state index is 14.9. The van der Waals surface area contributed by atoms with Crippen LogP contribution in [0.15, 0.2) is 83.7 Å². The van der Waals surface area contributed by atoms with Gasteiger partial charge in [0.05, 0.1) is 11.1 Å². The highest BCUT2D eigenvalue weighted by Gasteiger charge is 2.30. The standard InChI is InChI=1S/C38H35F7N4O2/c1-3-47(4-2)20-21-48(22-24-8-10-25(11-9-24)26-12-16-28(17-13-26)38(43,44)45)33(50)23-49-31-7-5-6-29(39)34(31)37(51)46-32(49)19-15-27-14-18-30(40)36(42)35(27)41/h5-14,16-18H,3-4,15,19-23H2,1-2H3. The summed E-state index contributed by atoms with van der Waals surface area (Å²) in [4.78, 5) is 34.8. The molecule has 51 heavy (non-hydrogen) atoms. The molecule has 0 saturated carbocycles. The second-order valence-electron chi connectivity index (χ2n) is 12.0. The normalized spacial score (nSPS) is 11.8. The van der Waals surface area contributed by atoms with Crippen LogP contribution in [0.2, 0.25) is 0 Å². The number of carbonyl (C=O) groups excluding carboxylic acids is 1. The number of aromatic nitrogens is 2. The maximum Gasteiger partial charge on any atom is 0.416 e. The molecular formula is C38H35F7N4O2. The lowest BCUT2D eigenvalue weighted by Gasteiger charge is -2.28. The molecule has 0 N–H and O–H groups in total. The van der Waals surface area contributed by atoms with E-state index in [0.717, 1.165) is 49.0 Å². The minimum absolute atomic E-state index is 0.0279. The van der Waals surface area contributed by atoms with Crippen molar-refractivity contribution in [2.24, 2.45) is 0 Å². The highest BCUT2D eigenvalue weighted by molar-refractivity contribution is 5.82. The van der Waals surface area contributed by atoms with E-state index in [-0.39, 0.29) is 48.2 Å². The third-order valence-corrected chi connectivity index (χ3v) is 8.87. The third-order valence-electron chi connectivity index (χ3n) is 8.87. The van der Waals surface area contributed by atoms with Crippen LogP contribution >= 0.6 is 0 Å². The summed E-state index contributed by atoms with van der Waals surface area (Å²) < 4.78 is 97.4. The summed E-state index contributed by atoms with van der Waals surface area (Å²) in [5, 5.41) is -0.332. The number of rotatable bonds is 13. The Morgan fingerprint density at radius 2 is 1.41 bits per heavy atom. The quantitative estimate of drug-likeness (QED) is 0.0925. The Labute approximate surface area is 289 Å². The van der Waals surface area contributed by atoms with Crippen molar-refractivity contribution < 1.29 is 35.5 Å². The SMILES string of the molecule is CCN(CC)CCN(Cc1ccc(-c2ccc(C(F)(F)F)cc2)cc1)C(=O)Cn1c(CCc2ccc(F)c(F)c2F)nc(=O)c2c(F)cccc21. The van der Waals surface area contributed by atoms with Crippen molar-refractivity contribution in [1.29, 1.82) is 0 Å². The van der Waals surface area contributed by atoms with Crippen LogP contribution in [0, 0.1) is 23.3 Å². The zero-order chi connectivity index (χ0) is 36.9. The van der Waals surface area contributed by atoms with Gasteiger partial charge in [0.25, 0.3) is 5.56 Å². The summed E-state index contributed by atoms with van der Waals surface area (Å²) in [6.07, 6.45) is -4.79. The number of likely N-dealkylation sites (N-methyl/N-ethyl adjacent to an activating group) is 1. The topological polar surface area (TPSA) is 58.4 Å². The van der Waals surface area contributed by atoms with Crippen LogP contribution in [0.1, 0.15) is 36.4 Å². The lowest BCUT2D eigenvalue weighted by Crippen LogP contribution is -2.40. The van der Waals surface area contributed by atoms with E-state index < -0.39 is 46.5 Å². The number of hydrogen-bond donors (Lipinski definition) is 0. The number of amides is 1. The molecule has 0 atom stereocenters. The van der Waals surface area contributed by atoms with E-state index in [0.29, 0.717) is 24.2 Å². The molecular weight excluding hydrogens is 677 g/mol. The van der Waals surface area contributed by atoms with E-state index in [9.17, 15) is 40.3 Å². The van der Waals surface area contributed by atoms with Crippen LogP contribution in [0.25, 0.3) is 22.0 Å². The molecule has 0 unspecified atom stereocenters. The molecule has 0 aliphatic rings. The third kappa shape index (κ3) is 8.65. The monoisotopic (exact) mass is 712 g/mol. The molecule has 0 aliphatic carbocycles. The molecule has 0 bridgehead atoms. The molecule has 0 spiro atoms. The first-order valence-electron chi connectivity index (χ1n) is 16.4. The summed E-state index contributed by atoms with van der Waals surface area (Å²) in [5.41, 5.74) is 0.293. The summed E-state index contributed by atoms with van der Waals surface area (Å²) >= 11 is 0. The number of hydrogen-bond acceptors (Lipinski definition) is 4. The van der Waals surface area contributed by atoms with E-state index in [4.69, 9.17) is 0 Å². The van der Waals surface area contributed by atoms with Crippen molar-refractivity contribution in [3.8, 4) is 11.1 Å². The molecule has 5 rings (SSSR count). The number of aryl methyl sites for hydroxylation is 2. The summed E-state index contributed by atoms with van der Waals surface area (Å²) in [7, 11) is 0. The van der Waals surface area contributed by atoms with E-state index in [1.807, 2.05) is 13.8 Å². The van der Waals surface area contributed by atoms with Crippen LogP contribution in [-0.4, -0.2) is 51.4 Å². The fourth-order valence-corrected chi connectivity index (χ4v) is 5.90. The average Bonchev–Trinajstić information content (AvgIpc) is 3.11. The average molecular weight is 713 g/mol. The van der Waals surface area contributed by atoms with Gasteiger partial charge in [-0.1, -0.05) is 62.4 Å². The van der Waals surface area contributed by atoms with Crippen LogP contribution in [0.4, 0.5) is 30.7 Å². The van der Waals surface area contributed by atoms with Crippen molar-refractivity contribution in [2.75, 3.05) is 26.2 Å². The number of nitrogens with zero attached hydrogens (tertiary/aromatic N) is 4. The first-order valence-corrected chi connectivity index (χ1v) is 16.4. The van der Waals surface area contributed by atoms with Crippen molar-refractivity contribution in [1.82, 2.24) is 19.4 Å². The number of fused-ring (bicyclic) bond motifs is 1. The van der Waals surface area contributed by atoms with Gasteiger partial charge in [0.15, 0.2) is 17.5 Å². The van der Waals surface area contributed by atoms with E-state index >= 15 is 0 Å². The second kappa shape index (κ2) is 15.9. The minimum atomic E-state index is -4.45. The molecule has 0 radical (unpaired) electrons. The summed E-state index contributed by atoms with van der Waals surface area (Å²) in [5.74, 6) is -5.57. The molecule has 1 aromatic heterocycles. The summed E-state index contributed by atoms with van der Waals surface area (Å²) in [6.45, 7) is 6.07. The highest BCUT2D eigenvalue weighted by atomic mass is 19.4. The summed E-state index contributed by atoms with van der Waals surface area (Å²) in [6, 6.07) is 17.7. The van der Waals surface area contributed by atoms with Crippen molar-refractivity contribution in [3.63, 3.8) is 0 Å². The van der Waals surface area contributed by atoms with Gasteiger partial charge in [-0.2, -0.15) is 18.2 Å². The molecule has 0 aliphatic heterocycles. The zero-order valence-corrected chi connectivity index (χ0v) is 27.9. The molecule has 5 aromatic rings. The Balaban J connectivity index is 1.45. The van der Waals surface area contributed by atoms with Crippen molar-refractivity contribution in [2.45, 2.75) is 46.0 Å². The first-order chi connectivity index (χ1) is 24.3. The van der Waals surface area contributed by atoms with Gasteiger partial charge >= 0.3 is 6.18 Å². The fourth-order valence-electron chi connectivity index (χ4n) is 5.90. The lowest BCUT2D eigenvalue weighted by molar-refractivity contribution is -0.137. The molecule has 1 heterocycles. The smallest absolute Gasteiger partial charge is 0.336 e. The van der Waals surface area contributed by atoms with Gasteiger partial charge in [0, 0.05) is 26.1 Å². The first kappa shape index (κ1) is 37.2. The Kier molecular flexibility index (Phi) is 11.6. The Morgan fingerprint density at radius 1 is 0.765 bits per heavy atom. The van der Waals surface area contributed by atoms with Crippen LogP contribution < -0.4 is 5.56 Å². The molecule has 0 fully saturated rings. The van der Waals surface area contributed by atoms with Gasteiger partial charge in [-0.25, -0.2) is 17.6 Å². The molecule has 4 aromatic carbocycles. The fraction of sp³-hybridized carbons (Fsp3) is 0.289. The van der Waals surface area contributed by atoms with E-state index in [2.05, 4.69) is 9.88 Å². The van der Waals surface area contributed by atoms with Crippen LogP contribution in [0.5, 0.6) is 0 Å². The van der Waals surface area contributed by atoms with Gasteiger partial charge in [-0.15, -0.1) is 0 Å². The highest BCUT2D eigenvalue weighted by Crippen LogP contribution is 2.31. The zero-order valence-electron chi connectivity index (χ0n) is 27.9. The Bertz CT molecular complexity index is 2060. The number of alkyl halides is 3. The second-order valence-corrected chi connectivity index (χ2v) is 12.0. The predicted molar refractivity (Wildman–Crippen MR) is 180 cm³/mol. The van der Waals surface area contributed by atoms with Gasteiger partial charge in [-0.3, -0.25) is 9.59 Å². The van der Waals surface area contributed by atoms with Gasteiger partial charge in [0.1, 0.15) is 23.6 Å². The van der Waals surface area contributed by atoms with Crippen molar-refractivity contribution in [3.05, 3.63) is 135 Å². The largest absolute Gasteiger partial charge is 0.416 e. The maximum absolute atomic E-state index is 14.9. The number of halogens is 7. The number of carbonyl (C=O) groups is 1. The molecule has 268 valence electrons. The van der Waals surface area contributed by atoms with Gasteiger partial charge < -0.3 is 14.4 Å². The molecule has 6 nitrogen and oxygen atoms in total. The molecule has 1 amide bonds. The predicted octanol–water partition coefficient (Wildman–Crippen LogP) is 7.79. The lowest BCUT2D eigenvalue weighted by atomic mass is 10.0. The molecule has 0 saturated heterocycles.